The number of nitrogens with one attached hydrogen (secondary N) is 2. The van der Waals surface area contributed by atoms with Crippen LogP contribution in [0.15, 0.2) is 6.07 Å². The Hall–Kier alpha value is -2.01. The molecule has 2 aromatic rings. The normalized spacial score (nSPS) is 15.0. The van der Waals surface area contributed by atoms with E-state index in [1.54, 1.807) is 13.0 Å². The van der Waals surface area contributed by atoms with E-state index in [4.69, 9.17) is 40.1 Å². The number of anilines is 1. The van der Waals surface area contributed by atoms with Crippen LogP contribution in [0, 0.1) is 18.3 Å². The summed E-state index contributed by atoms with van der Waals surface area (Å²) in [6, 6.07) is 3.58. The van der Waals surface area contributed by atoms with Gasteiger partial charge in [0.15, 0.2) is 0 Å². The highest BCUT2D eigenvalue weighted by Crippen LogP contribution is 2.29. The minimum Gasteiger partial charge on any atom is -0.356 e. The molecule has 0 aromatic carbocycles. The first kappa shape index (κ1) is 18.8. The van der Waals surface area contributed by atoms with Crippen molar-refractivity contribution in [1.29, 1.82) is 5.26 Å². The molecule has 1 aliphatic heterocycles. The van der Waals surface area contributed by atoms with Gasteiger partial charge in [-0.1, -0.05) is 23.2 Å². The third-order valence-corrected chi connectivity index (χ3v) is 5.35. The van der Waals surface area contributed by atoms with Crippen LogP contribution in [0.4, 0.5) is 5.82 Å². The van der Waals surface area contributed by atoms with Gasteiger partial charge in [-0.15, -0.1) is 0 Å². The highest BCUT2D eigenvalue weighted by Gasteiger charge is 2.25. The van der Waals surface area contributed by atoms with Crippen LogP contribution in [0.2, 0.25) is 15.3 Å². The van der Waals surface area contributed by atoms with E-state index >= 15 is 0 Å². The highest BCUT2D eigenvalue weighted by molar-refractivity contribution is 6.44. The van der Waals surface area contributed by atoms with Crippen LogP contribution in [0.5, 0.6) is 0 Å². The number of carbonyl (C=O) groups excluding carboxylic acids is 1. The summed E-state index contributed by atoms with van der Waals surface area (Å²) in [5.74, 6) is 0.335. The lowest BCUT2D eigenvalue weighted by Crippen LogP contribution is -2.45. The van der Waals surface area contributed by atoms with Crippen LogP contribution < -0.4 is 10.2 Å². The summed E-state index contributed by atoms with van der Waals surface area (Å²) in [6.07, 6.45) is 1.45. The molecule has 0 spiro atoms. The molecule has 26 heavy (non-hydrogen) atoms. The second-order valence-corrected chi connectivity index (χ2v) is 7.07. The fraction of sp³-hybridized carbons (Fsp3) is 0.375. The average Bonchev–Trinajstić information content (AvgIpc) is 2.89. The van der Waals surface area contributed by atoms with Crippen LogP contribution >= 0.6 is 34.8 Å². The number of hydrogen-bond acceptors (Lipinski definition) is 5. The quantitative estimate of drug-likeness (QED) is 0.752. The molecule has 0 saturated carbocycles. The first-order valence-corrected chi connectivity index (χ1v) is 9.06. The maximum absolute atomic E-state index is 12.4. The van der Waals surface area contributed by atoms with E-state index in [1.807, 2.05) is 11.0 Å². The molecule has 0 unspecified atom stereocenters. The third-order valence-electron chi connectivity index (χ3n) is 4.24. The molecule has 136 valence electrons. The molecule has 3 rings (SSSR count). The lowest BCUT2D eigenvalue weighted by atomic mass is 10.0. The molecule has 0 aliphatic carbocycles. The third kappa shape index (κ3) is 3.88. The summed E-state index contributed by atoms with van der Waals surface area (Å²) in [5.41, 5.74) is 1.16. The van der Waals surface area contributed by atoms with Gasteiger partial charge >= 0.3 is 0 Å². The maximum Gasteiger partial charge on any atom is 0.269 e. The Morgan fingerprint density at radius 2 is 2.00 bits per heavy atom. The molecule has 1 aliphatic rings. The molecule has 3 heterocycles. The van der Waals surface area contributed by atoms with E-state index in [2.05, 4.69) is 20.3 Å². The van der Waals surface area contributed by atoms with Crippen molar-refractivity contribution in [2.24, 2.45) is 0 Å². The van der Waals surface area contributed by atoms with Gasteiger partial charge < -0.3 is 15.2 Å². The van der Waals surface area contributed by atoms with Gasteiger partial charge in [-0.2, -0.15) is 5.26 Å². The van der Waals surface area contributed by atoms with Crippen molar-refractivity contribution in [2.75, 3.05) is 18.0 Å². The van der Waals surface area contributed by atoms with Crippen molar-refractivity contribution >= 4 is 46.5 Å². The number of aryl methyl sites for hydroxylation is 1. The Balaban J connectivity index is 1.62. The predicted octanol–water partition coefficient (Wildman–Crippen LogP) is 3.34. The summed E-state index contributed by atoms with van der Waals surface area (Å²) in [6.45, 7) is 3.09. The monoisotopic (exact) mass is 412 g/mol. The van der Waals surface area contributed by atoms with E-state index in [1.165, 1.54) is 0 Å². The zero-order valence-corrected chi connectivity index (χ0v) is 16.1. The van der Waals surface area contributed by atoms with Crippen LogP contribution in [0.3, 0.4) is 0 Å². The zero-order chi connectivity index (χ0) is 18.8. The van der Waals surface area contributed by atoms with E-state index < -0.39 is 0 Å². The van der Waals surface area contributed by atoms with E-state index in [0.717, 1.165) is 12.8 Å². The first-order valence-electron chi connectivity index (χ1n) is 7.93. The van der Waals surface area contributed by atoms with Gasteiger partial charge in [0, 0.05) is 30.9 Å². The number of nitrogens with zero attached hydrogens (tertiary/aromatic N) is 4. The number of aromatic nitrogens is 3. The van der Waals surface area contributed by atoms with Gasteiger partial charge in [-0.25, -0.2) is 9.97 Å². The molecular formula is C16H15Cl3N6O. The largest absolute Gasteiger partial charge is 0.356 e. The number of piperidine rings is 1. The van der Waals surface area contributed by atoms with Crippen molar-refractivity contribution in [1.82, 2.24) is 20.3 Å². The van der Waals surface area contributed by atoms with Crippen molar-refractivity contribution in [3.05, 3.63) is 38.5 Å². The predicted molar refractivity (Wildman–Crippen MR) is 100 cm³/mol. The van der Waals surface area contributed by atoms with Gasteiger partial charge in [0.1, 0.15) is 23.3 Å². The molecule has 0 radical (unpaired) electrons. The number of aromatic amines is 1. The maximum atomic E-state index is 12.4. The lowest BCUT2D eigenvalue weighted by Gasteiger charge is -2.33. The van der Waals surface area contributed by atoms with Gasteiger partial charge in [0.2, 0.25) is 5.28 Å². The molecular weight excluding hydrogens is 399 g/mol. The molecule has 2 aromatic heterocycles. The Morgan fingerprint density at radius 3 is 2.58 bits per heavy atom. The molecule has 0 bridgehead atoms. The zero-order valence-electron chi connectivity index (χ0n) is 13.8. The number of hydrogen-bond donors (Lipinski definition) is 2. The molecule has 1 amide bonds. The topological polar surface area (TPSA) is 97.7 Å². The van der Waals surface area contributed by atoms with Crippen molar-refractivity contribution in [3.8, 4) is 6.07 Å². The smallest absolute Gasteiger partial charge is 0.269 e. The Bertz CT molecular complexity index is 883. The van der Waals surface area contributed by atoms with Crippen LogP contribution in [-0.2, 0) is 0 Å². The van der Waals surface area contributed by atoms with Gasteiger partial charge in [-0.05, 0) is 31.4 Å². The molecule has 0 atom stereocenters. The van der Waals surface area contributed by atoms with E-state index in [-0.39, 0.29) is 33.6 Å². The summed E-state index contributed by atoms with van der Waals surface area (Å²) >= 11 is 18.0. The fourth-order valence-corrected chi connectivity index (χ4v) is 3.46. The standard InChI is InChI=1S/C16H15Cl3N6O/c1-8-12(17)13(18)14(21-8)15(26)22-9-2-4-25(5-3-9)11-6-10(7-20)23-16(19)24-11/h6,9,21H,2-5H2,1H3,(H,22,26). The molecule has 1 saturated heterocycles. The molecule has 2 N–H and O–H groups in total. The number of rotatable bonds is 3. The van der Waals surface area contributed by atoms with Crippen LogP contribution in [-0.4, -0.2) is 40.0 Å². The summed E-state index contributed by atoms with van der Waals surface area (Å²) in [5, 5.41) is 12.6. The van der Waals surface area contributed by atoms with E-state index in [0.29, 0.717) is 29.6 Å². The second kappa shape index (κ2) is 7.70. The second-order valence-electron chi connectivity index (χ2n) is 5.98. The first-order chi connectivity index (χ1) is 12.4. The lowest BCUT2D eigenvalue weighted by molar-refractivity contribution is 0.0926. The number of halogens is 3. The number of carbonyl (C=O) groups is 1. The van der Waals surface area contributed by atoms with Gasteiger partial charge in [-0.3, -0.25) is 4.79 Å². The Labute approximate surface area is 165 Å². The van der Waals surface area contributed by atoms with Crippen LogP contribution in [0.1, 0.15) is 34.7 Å². The minimum atomic E-state index is -0.278. The van der Waals surface area contributed by atoms with E-state index in [9.17, 15) is 4.79 Å². The Morgan fingerprint density at radius 1 is 1.31 bits per heavy atom. The summed E-state index contributed by atoms with van der Waals surface area (Å²) in [4.78, 5) is 25.3. The van der Waals surface area contributed by atoms with Gasteiger partial charge in [0.05, 0.1) is 10.0 Å². The number of nitriles is 1. The number of amides is 1. The minimum absolute atomic E-state index is 0.00458. The number of H-pyrrole nitrogens is 1. The SMILES string of the molecule is Cc1[nH]c(C(=O)NC2CCN(c3cc(C#N)nc(Cl)n3)CC2)c(Cl)c1Cl. The average molecular weight is 414 g/mol. The highest BCUT2D eigenvalue weighted by atomic mass is 35.5. The Kier molecular flexibility index (Phi) is 5.56. The summed E-state index contributed by atoms with van der Waals surface area (Å²) in [7, 11) is 0. The molecule has 7 nitrogen and oxygen atoms in total. The molecule has 1 fully saturated rings. The van der Waals surface area contributed by atoms with Crippen LogP contribution in [0.25, 0.3) is 0 Å². The van der Waals surface area contributed by atoms with Crippen molar-refractivity contribution in [3.63, 3.8) is 0 Å². The summed E-state index contributed by atoms with van der Waals surface area (Å²) < 4.78 is 0. The van der Waals surface area contributed by atoms with Crippen molar-refractivity contribution < 1.29 is 4.79 Å². The van der Waals surface area contributed by atoms with Gasteiger partial charge in [0.25, 0.3) is 5.91 Å². The molecule has 10 heteroatoms. The fourth-order valence-electron chi connectivity index (χ4n) is 2.86. The van der Waals surface area contributed by atoms with Crippen molar-refractivity contribution in [2.45, 2.75) is 25.8 Å².